The fourth-order valence-corrected chi connectivity index (χ4v) is 2.60. The second-order valence-electron chi connectivity index (χ2n) is 5.81. The lowest BCUT2D eigenvalue weighted by Gasteiger charge is -2.09. The Kier molecular flexibility index (Phi) is 7.55. The maximum absolute atomic E-state index is 11.1. The molecule has 2 aromatic rings. The molecule has 4 nitrogen and oxygen atoms in total. The molecule has 0 saturated heterocycles. The fraction of sp³-hybridized carbons (Fsp3) is 0.333. The van der Waals surface area contributed by atoms with Crippen LogP contribution in [-0.4, -0.2) is 34.2 Å². The summed E-state index contributed by atoms with van der Waals surface area (Å²) in [5.74, 6) is 5.91. The summed E-state index contributed by atoms with van der Waals surface area (Å²) in [6.45, 7) is 4.77. The Balaban J connectivity index is 2.02. The topological polar surface area (TPSA) is 59.4 Å². The van der Waals surface area contributed by atoms with Gasteiger partial charge in [-0.2, -0.15) is 11.8 Å². The number of hydrogen-bond acceptors (Lipinski definition) is 4. The van der Waals surface area contributed by atoms with Crippen LogP contribution in [0.1, 0.15) is 47.6 Å². The van der Waals surface area contributed by atoms with Gasteiger partial charge in [0.2, 0.25) is 0 Å². The van der Waals surface area contributed by atoms with Gasteiger partial charge in [0.25, 0.3) is 0 Å². The Morgan fingerprint density at radius 3 is 2.58 bits per heavy atom. The predicted molar refractivity (Wildman–Crippen MR) is 106 cm³/mol. The van der Waals surface area contributed by atoms with E-state index in [4.69, 9.17) is 9.84 Å². The highest BCUT2D eigenvalue weighted by Gasteiger charge is 2.09. The Labute approximate surface area is 159 Å². The molecule has 26 heavy (non-hydrogen) atoms. The average molecular weight is 369 g/mol. The van der Waals surface area contributed by atoms with E-state index < -0.39 is 5.97 Å². The second kappa shape index (κ2) is 9.88. The molecular weight excluding hydrogens is 346 g/mol. The standard InChI is InChI=1S/C21H23NO3S/c1-4-20-19(21(23)24)12-9-17(22-20)8-5-16-6-10-18(11-7-16)25-14-13-15(2)26-3/h6-7,9-12,15H,4,13-14H2,1-3H3,(H,23,24). The van der Waals surface area contributed by atoms with Crippen molar-refractivity contribution in [3.8, 4) is 17.6 Å². The summed E-state index contributed by atoms with van der Waals surface area (Å²) in [5.41, 5.74) is 2.21. The summed E-state index contributed by atoms with van der Waals surface area (Å²) >= 11 is 1.84. The highest BCUT2D eigenvalue weighted by molar-refractivity contribution is 7.99. The lowest BCUT2D eigenvalue weighted by atomic mass is 10.1. The smallest absolute Gasteiger partial charge is 0.337 e. The molecule has 1 atom stereocenters. The summed E-state index contributed by atoms with van der Waals surface area (Å²) in [5, 5.41) is 9.73. The van der Waals surface area contributed by atoms with Gasteiger partial charge in [-0.1, -0.05) is 19.8 Å². The minimum atomic E-state index is -0.962. The molecule has 0 aliphatic heterocycles. The summed E-state index contributed by atoms with van der Waals surface area (Å²) in [4.78, 5) is 15.5. The summed E-state index contributed by atoms with van der Waals surface area (Å²) in [6.07, 6.45) is 3.67. The molecule has 0 spiro atoms. The quantitative estimate of drug-likeness (QED) is 0.739. The van der Waals surface area contributed by atoms with Gasteiger partial charge >= 0.3 is 5.97 Å². The first-order chi connectivity index (χ1) is 12.5. The number of aromatic carboxylic acids is 1. The van der Waals surface area contributed by atoms with E-state index in [1.54, 1.807) is 12.1 Å². The van der Waals surface area contributed by atoms with Crippen LogP contribution in [0.25, 0.3) is 0 Å². The number of aryl methyl sites for hydroxylation is 1. The highest BCUT2D eigenvalue weighted by Crippen LogP contribution is 2.15. The number of pyridine rings is 1. The van der Waals surface area contributed by atoms with Crippen LogP contribution in [0.5, 0.6) is 5.75 Å². The number of nitrogens with zero attached hydrogens (tertiary/aromatic N) is 1. The zero-order valence-electron chi connectivity index (χ0n) is 15.3. The molecule has 136 valence electrons. The van der Waals surface area contributed by atoms with Crippen molar-refractivity contribution >= 4 is 17.7 Å². The highest BCUT2D eigenvalue weighted by atomic mass is 32.2. The van der Waals surface area contributed by atoms with E-state index in [1.807, 2.05) is 43.0 Å². The van der Waals surface area contributed by atoms with Gasteiger partial charge in [0.05, 0.1) is 17.9 Å². The molecule has 0 bridgehead atoms. The third-order valence-electron chi connectivity index (χ3n) is 3.92. The Bertz CT molecular complexity index is 806. The van der Waals surface area contributed by atoms with Crippen molar-refractivity contribution in [2.75, 3.05) is 12.9 Å². The largest absolute Gasteiger partial charge is 0.494 e. The molecule has 1 unspecified atom stereocenters. The van der Waals surface area contributed by atoms with Gasteiger partial charge in [-0.3, -0.25) is 0 Å². The van der Waals surface area contributed by atoms with E-state index in [0.29, 0.717) is 29.7 Å². The van der Waals surface area contributed by atoms with E-state index in [0.717, 1.165) is 17.7 Å². The van der Waals surface area contributed by atoms with Crippen molar-refractivity contribution in [2.45, 2.75) is 31.9 Å². The first-order valence-corrected chi connectivity index (χ1v) is 9.83. The maximum atomic E-state index is 11.1. The molecule has 0 aliphatic carbocycles. The van der Waals surface area contributed by atoms with Crippen molar-refractivity contribution < 1.29 is 14.6 Å². The zero-order valence-corrected chi connectivity index (χ0v) is 16.1. The normalized spacial score (nSPS) is 11.3. The second-order valence-corrected chi connectivity index (χ2v) is 7.08. The number of rotatable bonds is 7. The number of carbonyl (C=O) groups is 1. The lowest BCUT2D eigenvalue weighted by Crippen LogP contribution is -2.05. The Morgan fingerprint density at radius 2 is 1.96 bits per heavy atom. The van der Waals surface area contributed by atoms with Gasteiger partial charge in [-0.15, -0.1) is 0 Å². The zero-order chi connectivity index (χ0) is 18.9. The number of aromatic nitrogens is 1. The van der Waals surface area contributed by atoms with Gasteiger partial charge in [0.15, 0.2) is 0 Å². The molecule has 0 radical (unpaired) electrons. The molecule has 1 heterocycles. The fourth-order valence-electron chi connectivity index (χ4n) is 2.27. The minimum Gasteiger partial charge on any atom is -0.494 e. The van der Waals surface area contributed by atoms with Crippen LogP contribution in [0.15, 0.2) is 36.4 Å². The molecule has 1 aromatic heterocycles. The van der Waals surface area contributed by atoms with Crippen molar-refractivity contribution in [1.29, 1.82) is 0 Å². The van der Waals surface area contributed by atoms with Gasteiger partial charge in [0, 0.05) is 10.8 Å². The molecule has 1 N–H and O–H groups in total. The number of carboxylic acids is 1. The molecule has 5 heteroatoms. The van der Waals surface area contributed by atoms with Gasteiger partial charge in [-0.05, 0) is 61.4 Å². The monoisotopic (exact) mass is 369 g/mol. The van der Waals surface area contributed by atoms with Gasteiger partial charge in [-0.25, -0.2) is 9.78 Å². The van der Waals surface area contributed by atoms with E-state index in [1.165, 1.54) is 0 Å². The van der Waals surface area contributed by atoms with Crippen molar-refractivity contribution in [1.82, 2.24) is 4.98 Å². The maximum Gasteiger partial charge on any atom is 0.337 e. The number of hydrogen-bond donors (Lipinski definition) is 1. The SMILES string of the molecule is CCc1nc(C#Cc2ccc(OCCC(C)SC)cc2)ccc1C(=O)O. The predicted octanol–water partition coefficient (Wildman–Crippen LogP) is 4.26. The Hall–Kier alpha value is -2.45. The van der Waals surface area contributed by atoms with Crippen molar-refractivity contribution in [3.05, 3.63) is 58.9 Å². The number of thioether (sulfide) groups is 1. The molecule has 1 aromatic carbocycles. The van der Waals surface area contributed by atoms with Gasteiger partial charge in [0.1, 0.15) is 11.4 Å². The first kappa shape index (κ1) is 19.9. The van der Waals surface area contributed by atoms with Crippen LogP contribution in [0.3, 0.4) is 0 Å². The van der Waals surface area contributed by atoms with Crippen molar-refractivity contribution in [3.63, 3.8) is 0 Å². The Morgan fingerprint density at radius 1 is 1.23 bits per heavy atom. The average Bonchev–Trinajstić information content (AvgIpc) is 2.66. The molecule has 0 fully saturated rings. The number of ether oxygens (including phenoxy) is 1. The van der Waals surface area contributed by atoms with Crippen LogP contribution in [-0.2, 0) is 6.42 Å². The van der Waals surface area contributed by atoms with Crippen LogP contribution >= 0.6 is 11.8 Å². The first-order valence-electron chi connectivity index (χ1n) is 8.54. The molecule has 2 rings (SSSR count). The molecule has 0 amide bonds. The lowest BCUT2D eigenvalue weighted by molar-refractivity contribution is 0.0695. The van der Waals surface area contributed by atoms with E-state index in [9.17, 15) is 4.79 Å². The van der Waals surface area contributed by atoms with Crippen LogP contribution in [0.2, 0.25) is 0 Å². The van der Waals surface area contributed by atoms with E-state index in [2.05, 4.69) is 30.0 Å². The van der Waals surface area contributed by atoms with Crippen LogP contribution < -0.4 is 4.74 Å². The molecular formula is C21H23NO3S. The number of benzene rings is 1. The van der Waals surface area contributed by atoms with E-state index in [-0.39, 0.29) is 5.56 Å². The van der Waals surface area contributed by atoms with Crippen LogP contribution in [0, 0.1) is 11.8 Å². The molecule has 0 aliphatic rings. The minimum absolute atomic E-state index is 0.232. The summed E-state index contributed by atoms with van der Waals surface area (Å²) in [6, 6.07) is 10.8. The van der Waals surface area contributed by atoms with Crippen molar-refractivity contribution in [2.24, 2.45) is 0 Å². The number of carboxylic acid groups (broad SMARTS) is 1. The summed E-state index contributed by atoms with van der Waals surface area (Å²) in [7, 11) is 0. The van der Waals surface area contributed by atoms with Gasteiger partial charge < -0.3 is 9.84 Å². The van der Waals surface area contributed by atoms with Crippen LogP contribution in [0.4, 0.5) is 0 Å². The van der Waals surface area contributed by atoms with E-state index >= 15 is 0 Å². The third kappa shape index (κ3) is 5.82. The summed E-state index contributed by atoms with van der Waals surface area (Å²) < 4.78 is 5.73. The third-order valence-corrected chi connectivity index (χ3v) is 4.96. The molecule has 0 saturated carbocycles.